The molecule has 2 aromatic rings. The van der Waals surface area contributed by atoms with Gasteiger partial charge in [-0.3, -0.25) is 0 Å². The lowest BCUT2D eigenvalue weighted by Crippen LogP contribution is -2.10. The van der Waals surface area contributed by atoms with Crippen molar-refractivity contribution in [3.8, 4) is 5.75 Å². The molecule has 1 atom stereocenters. The molecule has 0 radical (unpaired) electrons. The molecule has 1 N–H and O–H groups in total. The van der Waals surface area contributed by atoms with Crippen LogP contribution in [-0.4, -0.2) is 13.2 Å². The molecule has 0 amide bonds. The molecule has 1 aliphatic rings. The van der Waals surface area contributed by atoms with Crippen LogP contribution in [0.25, 0.3) is 0 Å². The lowest BCUT2D eigenvalue weighted by Gasteiger charge is -2.21. The van der Waals surface area contributed by atoms with Crippen molar-refractivity contribution >= 4 is 17.3 Å². The fourth-order valence-electron chi connectivity index (χ4n) is 3.22. The van der Waals surface area contributed by atoms with Crippen LogP contribution in [0.5, 0.6) is 5.75 Å². The van der Waals surface area contributed by atoms with Gasteiger partial charge in [-0.25, -0.2) is 0 Å². The standard InChI is InChI=1S/C22H23ClF3NO2.C3H8.C3H6.C2H6/c1-4-13(3)18-12-29-21(15-7-6-8-19(20(15)23)28-5-2)16-11-14(22(24,25)26)9-10-17(16)27-18;2*1-3-2;1-2/h6-11,21,27H,4-5,12H2,1-3H3;3H2,1-2H3;3H,1H2,2H3;1-2H3/b18-13+;;;/t21-;;;/m1.../s1. The van der Waals surface area contributed by atoms with Gasteiger partial charge in [-0.05, 0) is 51.5 Å². The molecule has 0 aliphatic carbocycles. The first-order chi connectivity index (χ1) is 17.6. The highest BCUT2D eigenvalue weighted by atomic mass is 35.5. The van der Waals surface area contributed by atoms with Crippen molar-refractivity contribution in [2.45, 2.75) is 80.5 Å². The topological polar surface area (TPSA) is 30.5 Å². The van der Waals surface area contributed by atoms with Crippen molar-refractivity contribution < 1.29 is 22.6 Å². The summed E-state index contributed by atoms with van der Waals surface area (Å²) in [4.78, 5) is 0. The SMILES string of the molecule is C=CC.CC.CCC.CCOc1cccc([C@H]2OC/C(=C(/C)CC)Nc3ccc(C(F)(F)F)cc32)c1Cl. The molecular formula is C30H43ClF3NO2. The smallest absolute Gasteiger partial charge is 0.416 e. The minimum atomic E-state index is -4.46. The van der Waals surface area contributed by atoms with Crippen LogP contribution in [0.3, 0.4) is 0 Å². The molecule has 0 unspecified atom stereocenters. The maximum absolute atomic E-state index is 13.4. The molecule has 3 rings (SSSR count). The summed E-state index contributed by atoms with van der Waals surface area (Å²) >= 11 is 6.54. The number of halogens is 4. The highest BCUT2D eigenvalue weighted by molar-refractivity contribution is 6.32. The first-order valence-corrected chi connectivity index (χ1v) is 13.2. The number of hydrogen-bond acceptors (Lipinski definition) is 3. The Labute approximate surface area is 226 Å². The first kappa shape index (κ1) is 34.6. The molecule has 1 aliphatic heterocycles. The Morgan fingerprint density at radius 3 is 2.24 bits per heavy atom. The van der Waals surface area contributed by atoms with Gasteiger partial charge in [0.15, 0.2) is 0 Å². The summed E-state index contributed by atoms with van der Waals surface area (Å²) in [6, 6.07) is 8.88. The lowest BCUT2D eigenvalue weighted by molar-refractivity contribution is -0.137. The van der Waals surface area contributed by atoms with Crippen molar-refractivity contribution in [2.75, 3.05) is 18.5 Å². The largest absolute Gasteiger partial charge is 0.492 e. The third-order valence-electron chi connectivity index (χ3n) is 4.96. The van der Waals surface area contributed by atoms with Crippen molar-refractivity contribution in [1.29, 1.82) is 0 Å². The molecule has 0 aromatic heterocycles. The highest BCUT2D eigenvalue weighted by Gasteiger charge is 2.34. The van der Waals surface area contributed by atoms with Crippen LogP contribution >= 0.6 is 11.6 Å². The Kier molecular flexibility index (Phi) is 16.7. The van der Waals surface area contributed by atoms with E-state index in [1.54, 1.807) is 24.3 Å². The van der Waals surface area contributed by atoms with Crippen LogP contribution in [0, 0.1) is 0 Å². The predicted octanol–water partition coefficient (Wildman–Crippen LogP) is 10.6. The Bertz CT molecular complexity index is 987. The second-order valence-corrected chi connectivity index (χ2v) is 8.31. The Balaban J connectivity index is 0.00000145. The summed E-state index contributed by atoms with van der Waals surface area (Å²) in [5, 5.41) is 3.60. The fourth-order valence-corrected chi connectivity index (χ4v) is 3.50. The van der Waals surface area contributed by atoms with Crippen LogP contribution in [0.15, 0.2) is 60.3 Å². The van der Waals surface area contributed by atoms with Crippen molar-refractivity contribution in [1.82, 2.24) is 0 Å². The van der Waals surface area contributed by atoms with E-state index < -0.39 is 17.8 Å². The van der Waals surface area contributed by atoms with E-state index in [-0.39, 0.29) is 6.61 Å². The van der Waals surface area contributed by atoms with Gasteiger partial charge in [-0.2, -0.15) is 13.2 Å². The first-order valence-electron chi connectivity index (χ1n) is 12.9. The van der Waals surface area contributed by atoms with Gasteiger partial charge in [-0.15, -0.1) is 6.58 Å². The molecule has 0 saturated carbocycles. The van der Waals surface area contributed by atoms with E-state index >= 15 is 0 Å². The molecule has 1 heterocycles. The summed E-state index contributed by atoms with van der Waals surface area (Å²) in [5.41, 5.74) is 2.70. The number of benzene rings is 2. The third kappa shape index (κ3) is 10.4. The maximum Gasteiger partial charge on any atom is 0.416 e. The molecule has 3 nitrogen and oxygen atoms in total. The van der Waals surface area contributed by atoms with Gasteiger partial charge in [0.1, 0.15) is 11.9 Å². The molecule has 37 heavy (non-hydrogen) atoms. The molecule has 2 aromatic carbocycles. The summed E-state index contributed by atoms with van der Waals surface area (Å²) in [7, 11) is 0. The van der Waals surface area contributed by atoms with Crippen LogP contribution in [-0.2, 0) is 10.9 Å². The number of alkyl halides is 3. The van der Waals surface area contributed by atoms with E-state index in [2.05, 4.69) is 25.7 Å². The summed E-state index contributed by atoms with van der Waals surface area (Å²) in [6.45, 7) is 20.0. The van der Waals surface area contributed by atoms with Crippen LogP contribution < -0.4 is 10.1 Å². The van der Waals surface area contributed by atoms with E-state index in [4.69, 9.17) is 21.1 Å². The molecule has 0 fully saturated rings. The molecule has 0 bridgehead atoms. The van der Waals surface area contributed by atoms with Crippen molar-refractivity contribution in [3.63, 3.8) is 0 Å². The van der Waals surface area contributed by atoms with Gasteiger partial charge in [0, 0.05) is 22.5 Å². The second-order valence-electron chi connectivity index (χ2n) is 7.94. The average Bonchev–Trinajstić information content (AvgIpc) is 3.06. The maximum atomic E-state index is 13.4. The number of anilines is 1. The van der Waals surface area contributed by atoms with E-state index in [9.17, 15) is 13.2 Å². The van der Waals surface area contributed by atoms with Gasteiger partial charge in [-0.1, -0.05) is 76.4 Å². The van der Waals surface area contributed by atoms with Gasteiger partial charge in [0.05, 0.1) is 23.8 Å². The number of allylic oxidation sites excluding steroid dienone is 2. The van der Waals surface area contributed by atoms with Crippen molar-refractivity contribution in [2.24, 2.45) is 0 Å². The second kappa shape index (κ2) is 17.9. The van der Waals surface area contributed by atoms with E-state index in [1.165, 1.54) is 12.5 Å². The Morgan fingerprint density at radius 2 is 1.73 bits per heavy atom. The van der Waals surface area contributed by atoms with Crippen LogP contribution in [0.2, 0.25) is 5.02 Å². The molecule has 0 spiro atoms. The number of hydrogen-bond donors (Lipinski definition) is 1. The highest BCUT2D eigenvalue weighted by Crippen LogP contribution is 2.43. The third-order valence-corrected chi connectivity index (χ3v) is 5.37. The lowest BCUT2D eigenvalue weighted by atomic mass is 9.97. The van der Waals surface area contributed by atoms with E-state index in [1.807, 2.05) is 41.5 Å². The average molecular weight is 542 g/mol. The normalized spacial score (nSPS) is 15.5. The van der Waals surface area contributed by atoms with Gasteiger partial charge in [0.2, 0.25) is 0 Å². The van der Waals surface area contributed by atoms with Gasteiger partial charge < -0.3 is 14.8 Å². The zero-order valence-corrected chi connectivity index (χ0v) is 24.2. The van der Waals surface area contributed by atoms with Gasteiger partial charge in [0.25, 0.3) is 0 Å². The van der Waals surface area contributed by atoms with E-state index in [0.717, 1.165) is 29.8 Å². The quantitative estimate of drug-likeness (QED) is 0.390. The minimum absolute atomic E-state index is 0.232. The zero-order valence-electron chi connectivity index (χ0n) is 23.5. The minimum Gasteiger partial charge on any atom is -0.492 e. The molecule has 7 heteroatoms. The monoisotopic (exact) mass is 541 g/mol. The molecule has 0 saturated heterocycles. The molecule has 208 valence electrons. The van der Waals surface area contributed by atoms with Gasteiger partial charge >= 0.3 is 6.18 Å². The fraction of sp³-hybridized carbons (Fsp3) is 0.467. The van der Waals surface area contributed by atoms with Crippen molar-refractivity contribution in [3.05, 3.63) is 82.0 Å². The number of rotatable bonds is 4. The number of nitrogens with one attached hydrogen (secondary N) is 1. The van der Waals surface area contributed by atoms with Crippen LogP contribution in [0.4, 0.5) is 18.9 Å². The predicted molar refractivity (Wildman–Crippen MR) is 152 cm³/mol. The summed E-state index contributed by atoms with van der Waals surface area (Å²) < 4.78 is 51.8. The summed E-state index contributed by atoms with van der Waals surface area (Å²) in [5.74, 6) is 0.474. The van der Waals surface area contributed by atoms with Crippen LogP contribution in [0.1, 0.15) is 91.0 Å². The Hall–Kier alpha value is -2.44. The van der Waals surface area contributed by atoms with E-state index in [0.29, 0.717) is 34.2 Å². The number of ether oxygens (including phenoxy) is 2. The Morgan fingerprint density at radius 1 is 1.14 bits per heavy atom. The summed E-state index contributed by atoms with van der Waals surface area (Å²) in [6.07, 6.45) is -1.43. The molecular weight excluding hydrogens is 499 g/mol. The zero-order chi connectivity index (χ0) is 28.6. The number of fused-ring (bicyclic) bond motifs is 1.